The van der Waals surface area contributed by atoms with E-state index in [2.05, 4.69) is 19.1 Å². The van der Waals surface area contributed by atoms with Crippen molar-refractivity contribution in [2.45, 2.75) is 30.8 Å². The molecule has 0 bridgehead atoms. The fourth-order valence-electron chi connectivity index (χ4n) is 1.39. The quantitative estimate of drug-likeness (QED) is 0.834. The molecule has 15 heavy (non-hydrogen) atoms. The van der Waals surface area contributed by atoms with Crippen molar-refractivity contribution in [2.75, 3.05) is 0 Å². The van der Waals surface area contributed by atoms with Crippen molar-refractivity contribution < 1.29 is 4.79 Å². The highest BCUT2D eigenvalue weighted by Crippen LogP contribution is 2.34. The van der Waals surface area contributed by atoms with Crippen LogP contribution in [0.25, 0.3) is 0 Å². The molecule has 0 aliphatic carbocycles. The minimum absolute atomic E-state index is 0.129. The van der Waals surface area contributed by atoms with Crippen molar-refractivity contribution in [3.8, 4) is 0 Å². The molecule has 0 fully saturated rings. The van der Waals surface area contributed by atoms with Crippen molar-refractivity contribution in [3.63, 3.8) is 0 Å². The summed E-state index contributed by atoms with van der Waals surface area (Å²) >= 11 is 1.63. The first-order valence-electron chi connectivity index (χ1n) is 5.14. The molecule has 0 aliphatic heterocycles. The Morgan fingerprint density at radius 1 is 1.40 bits per heavy atom. The van der Waals surface area contributed by atoms with Gasteiger partial charge in [-0.1, -0.05) is 37.3 Å². The molecule has 1 amide bonds. The Bertz CT molecular complexity index is 313. The highest BCUT2D eigenvalue weighted by atomic mass is 32.2. The summed E-state index contributed by atoms with van der Waals surface area (Å²) in [6, 6.07) is 10.2. The Hall–Kier alpha value is -0.960. The third-order valence-corrected chi connectivity index (χ3v) is 3.89. The van der Waals surface area contributed by atoms with Gasteiger partial charge in [0.05, 0.1) is 5.25 Å². The van der Waals surface area contributed by atoms with Gasteiger partial charge in [0.1, 0.15) is 0 Å². The zero-order valence-corrected chi connectivity index (χ0v) is 9.96. The number of benzene rings is 1. The lowest BCUT2D eigenvalue weighted by molar-refractivity contribution is -0.117. The molecule has 3 heteroatoms. The van der Waals surface area contributed by atoms with Gasteiger partial charge in [-0.2, -0.15) is 0 Å². The van der Waals surface area contributed by atoms with Gasteiger partial charge in [0.25, 0.3) is 0 Å². The van der Waals surface area contributed by atoms with Gasteiger partial charge in [-0.05, 0) is 18.9 Å². The van der Waals surface area contributed by atoms with Gasteiger partial charge >= 0.3 is 0 Å². The van der Waals surface area contributed by atoms with E-state index >= 15 is 0 Å². The van der Waals surface area contributed by atoms with Gasteiger partial charge in [0.15, 0.2) is 0 Å². The van der Waals surface area contributed by atoms with Crippen molar-refractivity contribution in [1.29, 1.82) is 0 Å². The molecule has 0 saturated heterocycles. The van der Waals surface area contributed by atoms with Crippen LogP contribution in [0.1, 0.15) is 31.1 Å². The standard InChI is InChI=1S/C12H17NOS/c1-3-11(15-9(2)12(13)14)10-7-5-4-6-8-10/h4-9,11H,3H2,1-2H3,(H2,13,14)/t9-,11-/m1/s1. The smallest absolute Gasteiger partial charge is 0.230 e. The molecule has 1 rings (SSSR count). The van der Waals surface area contributed by atoms with Crippen molar-refractivity contribution in [2.24, 2.45) is 5.73 Å². The summed E-state index contributed by atoms with van der Waals surface area (Å²) in [6.45, 7) is 3.98. The van der Waals surface area contributed by atoms with Crippen LogP contribution >= 0.6 is 11.8 Å². The molecule has 0 radical (unpaired) electrons. The lowest BCUT2D eigenvalue weighted by atomic mass is 10.1. The molecule has 0 unspecified atom stereocenters. The number of nitrogens with two attached hydrogens (primary N) is 1. The number of carbonyl (C=O) groups is 1. The zero-order valence-electron chi connectivity index (χ0n) is 9.14. The third kappa shape index (κ3) is 3.59. The minimum atomic E-state index is -0.241. The van der Waals surface area contributed by atoms with Crippen LogP contribution in [0.4, 0.5) is 0 Å². The Kier molecular flexibility index (Phi) is 4.69. The average Bonchev–Trinajstić information content (AvgIpc) is 2.26. The maximum atomic E-state index is 11.0. The summed E-state index contributed by atoms with van der Waals surface area (Å²) < 4.78 is 0. The summed E-state index contributed by atoms with van der Waals surface area (Å²) in [7, 11) is 0. The maximum absolute atomic E-state index is 11.0. The molecule has 0 aliphatic rings. The molecule has 1 aromatic rings. The number of thioether (sulfide) groups is 1. The Morgan fingerprint density at radius 3 is 2.47 bits per heavy atom. The molecule has 0 heterocycles. The lowest BCUT2D eigenvalue weighted by Gasteiger charge is -2.17. The fourth-order valence-corrected chi connectivity index (χ4v) is 2.53. The first-order valence-corrected chi connectivity index (χ1v) is 6.09. The van der Waals surface area contributed by atoms with Crippen LogP contribution in [-0.4, -0.2) is 11.2 Å². The molecule has 0 spiro atoms. The summed E-state index contributed by atoms with van der Waals surface area (Å²) in [5, 5.41) is 0.226. The van der Waals surface area contributed by atoms with Crippen LogP contribution in [0.3, 0.4) is 0 Å². The van der Waals surface area contributed by atoms with Crippen molar-refractivity contribution in [3.05, 3.63) is 35.9 Å². The monoisotopic (exact) mass is 223 g/mol. The van der Waals surface area contributed by atoms with E-state index in [0.29, 0.717) is 5.25 Å². The number of hydrogen-bond acceptors (Lipinski definition) is 2. The van der Waals surface area contributed by atoms with E-state index in [1.165, 1.54) is 5.56 Å². The third-order valence-electron chi connectivity index (χ3n) is 2.31. The molecular weight excluding hydrogens is 206 g/mol. The van der Waals surface area contributed by atoms with Crippen LogP contribution in [-0.2, 0) is 4.79 Å². The second-order valence-electron chi connectivity index (χ2n) is 3.49. The predicted molar refractivity (Wildman–Crippen MR) is 65.7 cm³/mol. The normalized spacial score (nSPS) is 14.5. The van der Waals surface area contributed by atoms with Crippen LogP contribution < -0.4 is 5.73 Å². The highest BCUT2D eigenvalue weighted by Gasteiger charge is 2.17. The minimum Gasteiger partial charge on any atom is -0.369 e. The number of primary amides is 1. The van der Waals surface area contributed by atoms with Gasteiger partial charge in [0.2, 0.25) is 5.91 Å². The van der Waals surface area contributed by atoms with Crippen LogP contribution in [0.5, 0.6) is 0 Å². The topological polar surface area (TPSA) is 43.1 Å². The zero-order chi connectivity index (χ0) is 11.3. The van der Waals surface area contributed by atoms with Crippen molar-refractivity contribution >= 4 is 17.7 Å². The van der Waals surface area contributed by atoms with Gasteiger partial charge in [-0.15, -0.1) is 11.8 Å². The molecular formula is C12H17NOS. The second-order valence-corrected chi connectivity index (χ2v) is 5.04. The van der Waals surface area contributed by atoms with E-state index in [1.807, 2.05) is 25.1 Å². The average molecular weight is 223 g/mol. The maximum Gasteiger partial charge on any atom is 0.230 e. The van der Waals surface area contributed by atoms with E-state index < -0.39 is 0 Å². The summed E-state index contributed by atoms with van der Waals surface area (Å²) in [5.74, 6) is -0.241. The fraction of sp³-hybridized carbons (Fsp3) is 0.417. The Morgan fingerprint density at radius 2 is 2.00 bits per heavy atom. The first-order chi connectivity index (χ1) is 7.15. The van der Waals surface area contributed by atoms with Crippen molar-refractivity contribution in [1.82, 2.24) is 0 Å². The Balaban J connectivity index is 2.69. The van der Waals surface area contributed by atoms with E-state index in [4.69, 9.17) is 5.73 Å². The number of hydrogen-bond donors (Lipinski definition) is 1. The van der Waals surface area contributed by atoms with Gasteiger partial charge in [0, 0.05) is 5.25 Å². The van der Waals surface area contributed by atoms with Crippen LogP contribution in [0, 0.1) is 0 Å². The van der Waals surface area contributed by atoms with E-state index in [0.717, 1.165) is 6.42 Å². The first kappa shape index (κ1) is 12.1. The molecule has 2 N–H and O–H groups in total. The van der Waals surface area contributed by atoms with Crippen LogP contribution in [0.2, 0.25) is 0 Å². The summed E-state index contributed by atoms with van der Waals surface area (Å²) in [5.41, 5.74) is 6.52. The molecule has 2 atom stereocenters. The van der Waals surface area contributed by atoms with Gasteiger partial charge in [-0.25, -0.2) is 0 Å². The molecule has 82 valence electrons. The van der Waals surface area contributed by atoms with Gasteiger partial charge in [-0.3, -0.25) is 4.79 Å². The Labute approximate surface area is 95.2 Å². The second kappa shape index (κ2) is 5.81. The predicted octanol–water partition coefficient (Wildman–Crippen LogP) is 2.74. The molecule has 2 nitrogen and oxygen atoms in total. The van der Waals surface area contributed by atoms with Crippen LogP contribution in [0.15, 0.2) is 30.3 Å². The van der Waals surface area contributed by atoms with E-state index in [-0.39, 0.29) is 11.2 Å². The number of rotatable bonds is 5. The molecule has 1 aromatic carbocycles. The van der Waals surface area contributed by atoms with E-state index in [9.17, 15) is 4.79 Å². The lowest BCUT2D eigenvalue weighted by Crippen LogP contribution is -2.23. The van der Waals surface area contributed by atoms with Gasteiger partial charge < -0.3 is 5.73 Å². The summed E-state index contributed by atoms with van der Waals surface area (Å²) in [4.78, 5) is 11.0. The SMILES string of the molecule is CC[C@@H](S[C@H](C)C(N)=O)c1ccccc1. The summed E-state index contributed by atoms with van der Waals surface area (Å²) in [6.07, 6.45) is 1.01. The van der Waals surface area contributed by atoms with E-state index in [1.54, 1.807) is 11.8 Å². The molecule has 0 saturated carbocycles. The number of carbonyl (C=O) groups excluding carboxylic acids is 1. The number of amides is 1. The largest absolute Gasteiger partial charge is 0.369 e. The highest BCUT2D eigenvalue weighted by molar-refractivity contribution is 8.00. The molecule has 0 aromatic heterocycles.